The standard InChI is InChI=1S/C11H21Cl2NO/c1-3-5-6-7-10(15)14-11(4-2,8-12)9-13/h3-9H2,1-2H3,(H,14,15). The van der Waals surface area contributed by atoms with Crippen LogP contribution in [0.1, 0.15) is 46.0 Å². The zero-order valence-corrected chi connectivity index (χ0v) is 11.1. The molecular formula is C11H21Cl2NO. The van der Waals surface area contributed by atoms with E-state index in [4.69, 9.17) is 23.2 Å². The van der Waals surface area contributed by atoms with Crippen molar-refractivity contribution in [2.75, 3.05) is 11.8 Å². The van der Waals surface area contributed by atoms with Crippen LogP contribution in [0.2, 0.25) is 0 Å². The molecule has 90 valence electrons. The number of halogens is 2. The summed E-state index contributed by atoms with van der Waals surface area (Å²) in [5.41, 5.74) is -0.424. The minimum absolute atomic E-state index is 0.0617. The van der Waals surface area contributed by atoms with Crippen LogP contribution >= 0.6 is 23.2 Å². The molecule has 0 aliphatic rings. The van der Waals surface area contributed by atoms with Crippen LogP contribution < -0.4 is 5.32 Å². The monoisotopic (exact) mass is 253 g/mol. The maximum Gasteiger partial charge on any atom is 0.220 e. The van der Waals surface area contributed by atoms with E-state index in [0.29, 0.717) is 18.2 Å². The number of amides is 1. The summed E-state index contributed by atoms with van der Waals surface area (Å²) in [6.07, 6.45) is 4.49. The third-order valence-corrected chi connectivity index (χ3v) is 3.62. The topological polar surface area (TPSA) is 29.1 Å². The largest absolute Gasteiger partial charge is 0.348 e. The molecule has 0 saturated heterocycles. The van der Waals surface area contributed by atoms with Crippen LogP contribution in [-0.4, -0.2) is 23.2 Å². The minimum atomic E-state index is -0.424. The first-order valence-corrected chi connectivity index (χ1v) is 6.64. The number of hydrogen-bond acceptors (Lipinski definition) is 1. The van der Waals surface area contributed by atoms with Crippen LogP contribution in [0.15, 0.2) is 0 Å². The van der Waals surface area contributed by atoms with E-state index in [1.54, 1.807) is 0 Å². The number of nitrogens with one attached hydrogen (secondary N) is 1. The predicted molar refractivity (Wildman–Crippen MR) is 66.7 cm³/mol. The average molecular weight is 254 g/mol. The Kier molecular flexibility index (Phi) is 8.26. The Labute approximate surface area is 103 Å². The van der Waals surface area contributed by atoms with Gasteiger partial charge in [0.1, 0.15) is 0 Å². The molecular weight excluding hydrogens is 233 g/mol. The van der Waals surface area contributed by atoms with Crippen LogP contribution in [-0.2, 0) is 4.79 Å². The third-order valence-electron chi connectivity index (χ3n) is 2.60. The summed E-state index contributed by atoms with van der Waals surface area (Å²) < 4.78 is 0. The lowest BCUT2D eigenvalue weighted by atomic mass is 10.0. The molecule has 0 bridgehead atoms. The fourth-order valence-corrected chi connectivity index (χ4v) is 2.07. The molecule has 0 saturated carbocycles. The van der Waals surface area contributed by atoms with Crippen molar-refractivity contribution in [3.8, 4) is 0 Å². The lowest BCUT2D eigenvalue weighted by molar-refractivity contribution is -0.122. The number of alkyl halides is 2. The van der Waals surface area contributed by atoms with E-state index in [0.717, 1.165) is 25.7 Å². The average Bonchev–Trinajstić information content (AvgIpc) is 2.26. The van der Waals surface area contributed by atoms with Gasteiger partial charge in [0.05, 0.1) is 5.54 Å². The van der Waals surface area contributed by atoms with Crippen LogP contribution in [0.25, 0.3) is 0 Å². The van der Waals surface area contributed by atoms with Crippen LogP contribution in [0.3, 0.4) is 0 Å². The molecule has 0 aliphatic carbocycles. The summed E-state index contributed by atoms with van der Waals surface area (Å²) in [4.78, 5) is 11.6. The number of carbonyl (C=O) groups is 1. The van der Waals surface area contributed by atoms with Gasteiger partial charge in [0.15, 0.2) is 0 Å². The fraction of sp³-hybridized carbons (Fsp3) is 0.909. The lowest BCUT2D eigenvalue weighted by Crippen LogP contribution is -2.51. The van der Waals surface area contributed by atoms with Crippen LogP contribution in [0.5, 0.6) is 0 Å². The smallest absolute Gasteiger partial charge is 0.220 e. The molecule has 0 rings (SSSR count). The summed E-state index contributed by atoms with van der Waals surface area (Å²) in [5.74, 6) is 0.797. The summed E-state index contributed by atoms with van der Waals surface area (Å²) in [5, 5.41) is 2.94. The molecule has 0 radical (unpaired) electrons. The molecule has 4 heteroatoms. The van der Waals surface area contributed by atoms with Gasteiger partial charge in [-0.25, -0.2) is 0 Å². The number of rotatable bonds is 8. The first-order valence-electron chi connectivity index (χ1n) is 5.57. The lowest BCUT2D eigenvalue weighted by Gasteiger charge is -2.29. The molecule has 2 nitrogen and oxygen atoms in total. The van der Waals surface area contributed by atoms with Gasteiger partial charge in [-0.15, -0.1) is 23.2 Å². The maximum atomic E-state index is 11.6. The van der Waals surface area contributed by atoms with Gasteiger partial charge >= 0.3 is 0 Å². The number of hydrogen-bond donors (Lipinski definition) is 1. The van der Waals surface area contributed by atoms with E-state index >= 15 is 0 Å². The molecule has 0 heterocycles. The summed E-state index contributed by atoms with van der Waals surface area (Å²) >= 11 is 11.7. The second kappa shape index (κ2) is 8.23. The normalized spacial score (nSPS) is 11.5. The predicted octanol–water partition coefficient (Wildman–Crippen LogP) is 3.31. The van der Waals surface area contributed by atoms with Gasteiger partial charge in [-0.05, 0) is 12.8 Å². The van der Waals surface area contributed by atoms with Gasteiger partial charge in [0.25, 0.3) is 0 Å². The quantitative estimate of drug-likeness (QED) is 0.522. The molecule has 0 fully saturated rings. The van der Waals surface area contributed by atoms with Crippen molar-refractivity contribution < 1.29 is 4.79 Å². The summed E-state index contributed by atoms with van der Waals surface area (Å²) in [6.45, 7) is 4.10. The number of unbranched alkanes of at least 4 members (excludes halogenated alkanes) is 2. The van der Waals surface area contributed by atoms with Crippen LogP contribution in [0, 0.1) is 0 Å². The minimum Gasteiger partial charge on any atom is -0.348 e. The van der Waals surface area contributed by atoms with E-state index < -0.39 is 5.54 Å². The van der Waals surface area contributed by atoms with E-state index in [-0.39, 0.29) is 5.91 Å². The van der Waals surface area contributed by atoms with E-state index in [9.17, 15) is 4.79 Å². The van der Waals surface area contributed by atoms with Crippen LogP contribution in [0.4, 0.5) is 0 Å². The maximum absolute atomic E-state index is 11.6. The van der Waals surface area contributed by atoms with Crippen molar-refractivity contribution >= 4 is 29.1 Å². The Morgan fingerprint density at radius 1 is 1.20 bits per heavy atom. The second-order valence-corrected chi connectivity index (χ2v) is 4.44. The molecule has 1 amide bonds. The first-order chi connectivity index (χ1) is 7.14. The van der Waals surface area contributed by atoms with E-state index in [1.165, 1.54) is 0 Å². The molecule has 0 atom stereocenters. The summed E-state index contributed by atoms with van der Waals surface area (Å²) in [7, 11) is 0. The van der Waals surface area contributed by atoms with Gasteiger partial charge < -0.3 is 5.32 Å². The highest BCUT2D eigenvalue weighted by Gasteiger charge is 2.27. The van der Waals surface area contributed by atoms with E-state index in [1.807, 2.05) is 6.92 Å². The third kappa shape index (κ3) is 5.62. The van der Waals surface area contributed by atoms with Crippen molar-refractivity contribution in [1.29, 1.82) is 0 Å². The Balaban J connectivity index is 4.00. The Morgan fingerprint density at radius 3 is 2.20 bits per heavy atom. The zero-order valence-electron chi connectivity index (χ0n) is 9.61. The highest BCUT2D eigenvalue weighted by molar-refractivity contribution is 6.22. The van der Waals surface area contributed by atoms with Gasteiger partial charge in [-0.1, -0.05) is 26.7 Å². The Hall–Kier alpha value is 0.0500. The molecule has 0 unspecified atom stereocenters. The van der Waals surface area contributed by atoms with Gasteiger partial charge in [0.2, 0.25) is 5.91 Å². The van der Waals surface area contributed by atoms with Gasteiger partial charge in [-0.3, -0.25) is 4.79 Å². The molecule has 0 aromatic carbocycles. The molecule has 0 aromatic rings. The molecule has 0 aliphatic heterocycles. The van der Waals surface area contributed by atoms with Crippen molar-refractivity contribution in [1.82, 2.24) is 5.32 Å². The summed E-state index contributed by atoms with van der Waals surface area (Å²) in [6, 6.07) is 0. The van der Waals surface area contributed by atoms with Crippen molar-refractivity contribution in [2.45, 2.75) is 51.5 Å². The first kappa shape index (κ1) is 15.0. The molecule has 0 aromatic heterocycles. The van der Waals surface area contributed by atoms with E-state index in [2.05, 4.69) is 12.2 Å². The van der Waals surface area contributed by atoms with Gasteiger partial charge in [-0.2, -0.15) is 0 Å². The number of carbonyl (C=O) groups excluding carboxylic acids is 1. The van der Waals surface area contributed by atoms with Gasteiger partial charge in [0, 0.05) is 18.2 Å². The molecule has 1 N–H and O–H groups in total. The van der Waals surface area contributed by atoms with Crippen molar-refractivity contribution in [3.63, 3.8) is 0 Å². The second-order valence-electron chi connectivity index (χ2n) is 3.91. The SMILES string of the molecule is CCCCCC(=O)NC(CC)(CCl)CCl. The highest BCUT2D eigenvalue weighted by Crippen LogP contribution is 2.15. The Morgan fingerprint density at radius 2 is 1.80 bits per heavy atom. The highest BCUT2D eigenvalue weighted by atomic mass is 35.5. The molecule has 15 heavy (non-hydrogen) atoms. The van der Waals surface area contributed by atoms with Crippen molar-refractivity contribution in [3.05, 3.63) is 0 Å². The fourth-order valence-electron chi connectivity index (χ4n) is 1.27. The molecule has 0 spiro atoms. The van der Waals surface area contributed by atoms with Crippen molar-refractivity contribution in [2.24, 2.45) is 0 Å². The zero-order chi connectivity index (χ0) is 11.7. The Bertz CT molecular complexity index is 173.